The van der Waals surface area contributed by atoms with E-state index in [0.717, 1.165) is 12.8 Å². The summed E-state index contributed by atoms with van der Waals surface area (Å²) in [4.78, 5) is 23.6. The summed E-state index contributed by atoms with van der Waals surface area (Å²) in [5.41, 5.74) is 6.03. The van der Waals surface area contributed by atoms with Crippen molar-refractivity contribution in [3.05, 3.63) is 28.8 Å². The third-order valence-corrected chi connectivity index (χ3v) is 3.76. The third-order valence-electron chi connectivity index (χ3n) is 3.43. The van der Waals surface area contributed by atoms with E-state index in [9.17, 15) is 9.59 Å². The van der Waals surface area contributed by atoms with E-state index in [1.807, 2.05) is 0 Å². The van der Waals surface area contributed by atoms with Crippen molar-refractivity contribution >= 4 is 29.1 Å². The molecular formula is C13H16ClN3O2. The maximum atomic E-state index is 12.1. The van der Waals surface area contributed by atoms with Gasteiger partial charge in [0.05, 0.1) is 16.1 Å². The Balaban J connectivity index is 2.20. The van der Waals surface area contributed by atoms with E-state index in [1.54, 1.807) is 25.2 Å². The number of benzene rings is 1. The van der Waals surface area contributed by atoms with Crippen LogP contribution in [0.2, 0.25) is 5.02 Å². The summed E-state index contributed by atoms with van der Waals surface area (Å²) in [5.74, 6) is -0.363. The Labute approximate surface area is 116 Å². The summed E-state index contributed by atoms with van der Waals surface area (Å²) in [5, 5.41) is 5.67. The van der Waals surface area contributed by atoms with Gasteiger partial charge in [0.2, 0.25) is 5.91 Å². The van der Waals surface area contributed by atoms with Gasteiger partial charge in [0, 0.05) is 19.2 Å². The number of nitrogens with one attached hydrogen (secondary N) is 2. The van der Waals surface area contributed by atoms with Crippen LogP contribution in [0, 0.1) is 5.41 Å². The molecule has 19 heavy (non-hydrogen) atoms. The van der Waals surface area contributed by atoms with Gasteiger partial charge in [-0.3, -0.25) is 9.59 Å². The van der Waals surface area contributed by atoms with Crippen LogP contribution in [0.25, 0.3) is 0 Å². The van der Waals surface area contributed by atoms with Crippen LogP contribution in [0.1, 0.15) is 23.2 Å². The van der Waals surface area contributed by atoms with Crippen molar-refractivity contribution in [2.45, 2.75) is 12.8 Å². The van der Waals surface area contributed by atoms with Crippen molar-refractivity contribution in [1.29, 1.82) is 0 Å². The molecule has 1 aromatic carbocycles. The fourth-order valence-electron chi connectivity index (χ4n) is 1.84. The average molecular weight is 282 g/mol. The molecule has 0 aliphatic heterocycles. The number of carbonyl (C=O) groups is 2. The van der Waals surface area contributed by atoms with E-state index in [2.05, 4.69) is 10.6 Å². The number of hydrogen-bond donors (Lipinski definition) is 3. The average Bonchev–Trinajstić information content (AvgIpc) is 3.21. The second-order valence-corrected chi connectivity index (χ2v) is 5.12. The van der Waals surface area contributed by atoms with Gasteiger partial charge in [0.15, 0.2) is 0 Å². The molecule has 0 spiro atoms. The first-order valence-corrected chi connectivity index (χ1v) is 6.43. The van der Waals surface area contributed by atoms with Crippen molar-refractivity contribution < 1.29 is 9.59 Å². The van der Waals surface area contributed by atoms with Gasteiger partial charge in [0.1, 0.15) is 0 Å². The molecule has 2 rings (SSSR count). The molecule has 0 atom stereocenters. The standard InChI is InChI=1S/C13H16ClN3O2/c1-16-11(18)8-2-3-9(14)10(6-8)17-12(19)13(7-15)4-5-13/h2-3,6H,4-5,7,15H2,1H3,(H,16,18)(H,17,19). The van der Waals surface area contributed by atoms with Gasteiger partial charge in [-0.15, -0.1) is 0 Å². The monoisotopic (exact) mass is 281 g/mol. The second-order valence-electron chi connectivity index (χ2n) is 4.71. The van der Waals surface area contributed by atoms with Crippen LogP contribution in [0.4, 0.5) is 5.69 Å². The van der Waals surface area contributed by atoms with Gasteiger partial charge >= 0.3 is 0 Å². The molecule has 4 N–H and O–H groups in total. The number of carbonyl (C=O) groups excluding carboxylic acids is 2. The van der Waals surface area contributed by atoms with Gasteiger partial charge in [0.25, 0.3) is 5.91 Å². The summed E-state index contributed by atoms with van der Waals surface area (Å²) in [6.07, 6.45) is 1.59. The SMILES string of the molecule is CNC(=O)c1ccc(Cl)c(NC(=O)C2(CN)CC2)c1. The minimum atomic E-state index is -0.452. The number of rotatable bonds is 4. The first-order valence-electron chi connectivity index (χ1n) is 6.05. The zero-order valence-electron chi connectivity index (χ0n) is 10.6. The fraction of sp³-hybridized carbons (Fsp3) is 0.385. The highest BCUT2D eigenvalue weighted by atomic mass is 35.5. The van der Waals surface area contributed by atoms with Gasteiger partial charge < -0.3 is 16.4 Å². The normalized spacial score (nSPS) is 15.7. The molecule has 0 heterocycles. The Hall–Kier alpha value is -1.59. The van der Waals surface area contributed by atoms with Gasteiger partial charge in [-0.05, 0) is 31.0 Å². The Morgan fingerprint density at radius 2 is 2.11 bits per heavy atom. The lowest BCUT2D eigenvalue weighted by atomic mass is 10.1. The molecule has 0 aromatic heterocycles. The molecule has 6 heteroatoms. The van der Waals surface area contributed by atoms with Crippen molar-refractivity contribution in [1.82, 2.24) is 5.32 Å². The maximum Gasteiger partial charge on any atom is 0.251 e. The van der Waals surface area contributed by atoms with Crippen molar-refractivity contribution in [3.8, 4) is 0 Å². The number of nitrogens with two attached hydrogens (primary N) is 1. The smallest absolute Gasteiger partial charge is 0.251 e. The zero-order chi connectivity index (χ0) is 14.0. The summed E-state index contributed by atoms with van der Waals surface area (Å²) in [6, 6.07) is 4.75. The molecule has 0 saturated heterocycles. The molecule has 0 unspecified atom stereocenters. The number of anilines is 1. The van der Waals surface area contributed by atoms with Gasteiger partial charge in [-0.2, -0.15) is 0 Å². The predicted octanol–water partition coefficient (Wildman–Crippen LogP) is 1.38. The van der Waals surface area contributed by atoms with Crippen molar-refractivity contribution in [3.63, 3.8) is 0 Å². The Kier molecular flexibility index (Phi) is 3.78. The summed E-state index contributed by atoms with van der Waals surface area (Å²) < 4.78 is 0. The van der Waals surface area contributed by atoms with E-state index >= 15 is 0 Å². The first-order chi connectivity index (χ1) is 9.02. The maximum absolute atomic E-state index is 12.1. The number of halogens is 1. The lowest BCUT2D eigenvalue weighted by Gasteiger charge is -2.14. The molecule has 5 nitrogen and oxygen atoms in total. The molecule has 1 aliphatic carbocycles. The summed E-state index contributed by atoms with van der Waals surface area (Å²) in [6.45, 7) is 0.325. The lowest BCUT2D eigenvalue weighted by molar-refractivity contribution is -0.120. The van der Waals surface area contributed by atoms with E-state index in [0.29, 0.717) is 22.8 Å². The molecule has 2 amide bonds. The van der Waals surface area contributed by atoms with E-state index in [-0.39, 0.29) is 11.8 Å². The quantitative estimate of drug-likeness (QED) is 0.779. The number of amides is 2. The Morgan fingerprint density at radius 1 is 1.42 bits per heavy atom. The molecular weight excluding hydrogens is 266 g/mol. The summed E-state index contributed by atoms with van der Waals surface area (Å²) >= 11 is 6.02. The molecule has 1 aromatic rings. The topological polar surface area (TPSA) is 84.2 Å². The fourth-order valence-corrected chi connectivity index (χ4v) is 2.00. The van der Waals surface area contributed by atoms with Crippen molar-refractivity contribution in [2.75, 3.05) is 18.9 Å². The predicted molar refractivity (Wildman–Crippen MR) is 74.2 cm³/mol. The minimum absolute atomic E-state index is 0.133. The minimum Gasteiger partial charge on any atom is -0.355 e. The van der Waals surface area contributed by atoms with Crippen LogP contribution in [-0.4, -0.2) is 25.4 Å². The van der Waals surface area contributed by atoms with E-state index < -0.39 is 5.41 Å². The third kappa shape index (κ3) is 2.72. The van der Waals surface area contributed by atoms with Crippen LogP contribution in [-0.2, 0) is 4.79 Å². The highest BCUT2D eigenvalue weighted by Gasteiger charge is 2.48. The lowest BCUT2D eigenvalue weighted by Crippen LogP contribution is -2.31. The van der Waals surface area contributed by atoms with E-state index in [4.69, 9.17) is 17.3 Å². The first kappa shape index (κ1) is 13.8. The summed E-state index contributed by atoms with van der Waals surface area (Å²) in [7, 11) is 1.54. The molecule has 102 valence electrons. The Bertz CT molecular complexity index is 527. The van der Waals surface area contributed by atoms with E-state index in [1.165, 1.54) is 0 Å². The molecule has 1 saturated carbocycles. The molecule has 1 fully saturated rings. The zero-order valence-corrected chi connectivity index (χ0v) is 11.4. The highest BCUT2D eigenvalue weighted by Crippen LogP contribution is 2.45. The van der Waals surface area contributed by atoms with Crippen LogP contribution in [0.15, 0.2) is 18.2 Å². The van der Waals surface area contributed by atoms with Crippen LogP contribution in [0.5, 0.6) is 0 Å². The molecule has 1 aliphatic rings. The van der Waals surface area contributed by atoms with Gasteiger partial charge in [-0.1, -0.05) is 11.6 Å². The van der Waals surface area contributed by atoms with Crippen LogP contribution < -0.4 is 16.4 Å². The Morgan fingerprint density at radius 3 is 2.63 bits per heavy atom. The van der Waals surface area contributed by atoms with Crippen molar-refractivity contribution in [2.24, 2.45) is 11.1 Å². The molecule has 0 radical (unpaired) electrons. The largest absolute Gasteiger partial charge is 0.355 e. The highest BCUT2D eigenvalue weighted by molar-refractivity contribution is 6.34. The van der Waals surface area contributed by atoms with Crippen LogP contribution >= 0.6 is 11.6 Å². The molecule has 0 bridgehead atoms. The number of hydrogen-bond acceptors (Lipinski definition) is 3. The second kappa shape index (κ2) is 5.19. The van der Waals surface area contributed by atoms with Crippen LogP contribution in [0.3, 0.4) is 0 Å². The van der Waals surface area contributed by atoms with Gasteiger partial charge in [-0.25, -0.2) is 0 Å².